The number of thiocarbonyl (C=S) groups is 1. The third-order valence-electron chi connectivity index (χ3n) is 2.50. The van der Waals surface area contributed by atoms with Crippen LogP contribution in [0.25, 0.3) is 0 Å². The fraction of sp³-hybridized carbons (Fsp3) is 0.571. The van der Waals surface area contributed by atoms with E-state index in [1.807, 2.05) is 13.0 Å². The number of nitrogens with two attached hydrogens (primary N) is 1. The van der Waals surface area contributed by atoms with E-state index in [1.165, 1.54) is 0 Å². The molecule has 118 valence electrons. The number of hydrogen-bond acceptors (Lipinski definition) is 6. The van der Waals surface area contributed by atoms with E-state index in [2.05, 4.69) is 4.98 Å². The molecule has 2 N–H and O–H groups in total. The van der Waals surface area contributed by atoms with Gasteiger partial charge in [-0.3, -0.25) is 0 Å². The normalized spacial score (nSPS) is 10.6. The summed E-state index contributed by atoms with van der Waals surface area (Å²) in [5.74, 6) is 0.498. The Morgan fingerprint density at radius 3 is 2.33 bits per heavy atom. The van der Waals surface area contributed by atoms with Crippen LogP contribution in [0.5, 0.6) is 5.88 Å². The van der Waals surface area contributed by atoms with Crippen LogP contribution >= 0.6 is 12.2 Å². The molecule has 0 amide bonds. The lowest BCUT2D eigenvalue weighted by Crippen LogP contribution is -2.14. The highest BCUT2D eigenvalue weighted by molar-refractivity contribution is 7.80. The lowest BCUT2D eigenvalue weighted by Gasteiger charge is -2.09. The van der Waals surface area contributed by atoms with E-state index in [9.17, 15) is 0 Å². The largest absolute Gasteiger partial charge is 0.475 e. The molecule has 0 aromatic carbocycles. The molecule has 0 unspecified atom stereocenters. The van der Waals surface area contributed by atoms with Gasteiger partial charge in [0.2, 0.25) is 5.88 Å². The maximum atomic E-state index is 5.60. The van der Waals surface area contributed by atoms with Crippen LogP contribution in [-0.2, 0) is 14.2 Å². The monoisotopic (exact) mass is 314 g/mol. The summed E-state index contributed by atoms with van der Waals surface area (Å²) in [4.78, 5) is 4.58. The number of pyridine rings is 1. The number of aryl methyl sites for hydroxylation is 1. The topological polar surface area (TPSA) is 75.8 Å². The van der Waals surface area contributed by atoms with Crippen molar-refractivity contribution in [2.45, 2.75) is 6.92 Å². The molecule has 6 nitrogen and oxygen atoms in total. The Morgan fingerprint density at radius 1 is 1.10 bits per heavy atom. The van der Waals surface area contributed by atoms with E-state index in [1.54, 1.807) is 13.2 Å². The van der Waals surface area contributed by atoms with Gasteiger partial charge in [0.25, 0.3) is 0 Å². The fourth-order valence-corrected chi connectivity index (χ4v) is 1.64. The lowest BCUT2D eigenvalue weighted by molar-refractivity contribution is 0.0176. The molecule has 0 saturated heterocycles. The Bertz CT molecular complexity index is 443. The molecule has 0 saturated carbocycles. The van der Waals surface area contributed by atoms with Crippen molar-refractivity contribution in [1.29, 1.82) is 0 Å². The third kappa shape index (κ3) is 7.91. The highest BCUT2D eigenvalue weighted by Crippen LogP contribution is 2.12. The summed E-state index contributed by atoms with van der Waals surface area (Å²) in [7, 11) is 1.64. The molecule has 1 aromatic rings. The average molecular weight is 314 g/mol. The number of rotatable bonds is 11. The Morgan fingerprint density at radius 2 is 1.71 bits per heavy atom. The molecule has 0 bridgehead atoms. The van der Waals surface area contributed by atoms with Gasteiger partial charge in [-0.1, -0.05) is 12.2 Å². The first-order valence-electron chi connectivity index (χ1n) is 6.69. The van der Waals surface area contributed by atoms with Crippen LogP contribution in [0.4, 0.5) is 0 Å². The molecular weight excluding hydrogens is 292 g/mol. The average Bonchev–Trinajstić information content (AvgIpc) is 2.45. The molecule has 7 heteroatoms. The van der Waals surface area contributed by atoms with Crippen LogP contribution in [0.2, 0.25) is 0 Å². The standard InChI is InChI=1S/C14H22N2O4S/c1-11-9-12(14(15)21)10-13(16-11)20-8-7-19-6-5-18-4-3-17-2/h9-10H,3-8H2,1-2H3,(H2,15,21). The molecule has 1 aromatic heterocycles. The molecule has 0 spiro atoms. The van der Waals surface area contributed by atoms with Gasteiger partial charge in [-0.25, -0.2) is 4.98 Å². The summed E-state index contributed by atoms with van der Waals surface area (Å²) in [6.07, 6.45) is 0. The van der Waals surface area contributed by atoms with E-state index < -0.39 is 0 Å². The van der Waals surface area contributed by atoms with Crippen molar-refractivity contribution >= 4 is 17.2 Å². The van der Waals surface area contributed by atoms with Crippen molar-refractivity contribution in [2.24, 2.45) is 5.73 Å². The van der Waals surface area contributed by atoms with Crippen molar-refractivity contribution in [3.8, 4) is 5.88 Å². The SMILES string of the molecule is COCCOCCOCCOc1cc(C(N)=S)cc(C)n1. The van der Waals surface area contributed by atoms with E-state index in [0.717, 1.165) is 11.3 Å². The Labute approximate surface area is 130 Å². The van der Waals surface area contributed by atoms with Gasteiger partial charge in [-0.2, -0.15) is 0 Å². The molecule has 1 rings (SSSR count). The number of ether oxygens (including phenoxy) is 4. The van der Waals surface area contributed by atoms with E-state index >= 15 is 0 Å². The summed E-state index contributed by atoms with van der Waals surface area (Å²) in [5, 5.41) is 0. The second kappa shape index (κ2) is 10.4. The van der Waals surface area contributed by atoms with Gasteiger partial charge < -0.3 is 24.7 Å². The van der Waals surface area contributed by atoms with Gasteiger partial charge in [-0.15, -0.1) is 0 Å². The molecule has 0 aliphatic heterocycles. The van der Waals surface area contributed by atoms with Gasteiger partial charge in [0, 0.05) is 24.4 Å². The quantitative estimate of drug-likeness (QED) is 0.484. The number of aromatic nitrogens is 1. The summed E-state index contributed by atoms with van der Waals surface area (Å²) in [5.41, 5.74) is 7.15. The van der Waals surface area contributed by atoms with Crippen LogP contribution in [0.1, 0.15) is 11.3 Å². The van der Waals surface area contributed by atoms with E-state index in [4.69, 9.17) is 36.9 Å². The van der Waals surface area contributed by atoms with Crippen molar-refractivity contribution in [3.63, 3.8) is 0 Å². The first kappa shape index (κ1) is 17.8. The zero-order chi connectivity index (χ0) is 15.5. The fourth-order valence-electron chi connectivity index (χ4n) is 1.52. The van der Waals surface area contributed by atoms with Crippen molar-refractivity contribution in [1.82, 2.24) is 4.98 Å². The smallest absolute Gasteiger partial charge is 0.214 e. The third-order valence-corrected chi connectivity index (χ3v) is 2.73. The summed E-state index contributed by atoms with van der Waals surface area (Å²) in [6.45, 7) is 4.96. The molecule has 0 aliphatic carbocycles. The van der Waals surface area contributed by atoms with Crippen LogP contribution in [0.3, 0.4) is 0 Å². The van der Waals surface area contributed by atoms with Crippen molar-refractivity contribution < 1.29 is 18.9 Å². The van der Waals surface area contributed by atoms with E-state index in [-0.39, 0.29) is 0 Å². The Hall–Kier alpha value is -1.28. The summed E-state index contributed by atoms with van der Waals surface area (Å²) < 4.78 is 21.0. The molecule has 1 heterocycles. The highest BCUT2D eigenvalue weighted by atomic mass is 32.1. The molecular formula is C14H22N2O4S. The minimum Gasteiger partial charge on any atom is -0.475 e. The first-order chi connectivity index (χ1) is 10.1. The van der Waals surface area contributed by atoms with Crippen LogP contribution in [0.15, 0.2) is 12.1 Å². The second-order valence-electron chi connectivity index (χ2n) is 4.27. The van der Waals surface area contributed by atoms with Gasteiger partial charge in [-0.05, 0) is 13.0 Å². The van der Waals surface area contributed by atoms with Crippen LogP contribution < -0.4 is 10.5 Å². The summed E-state index contributed by atoms with van der Waals surface area (Å²) in [6, 6.07) is 3.55. The van der Waals surface area contributed by atoms with E-state index in [0.29, 0.717) is 50.5 Å². The number of hydrogen-bond donors (Lipinski definition) is 1. The van der Waals surface area contributed by atoms with Gasteiger partial charge in [0.15, 0.2) is 0 Å². The van der Waals surface area contributed by atoms with Gasteiger partial charge in [0.1, 0.15) is 11.6 Å². The molecule has 21 heavy (non-hydrogen) atoms. The highest BCUT2D eigenvalue weighted by Gasteiger charge is 2.03. The molecule has 0 radical (unpaired) electrons. The maximum absolute atomic E-state index is 5.60. The zero-order valence-electron chi connectivity index (χ0n) is 12.5. The molecule has 0 fully saturated rings. The second-order valence-corrected chi connectivity index (χ2v) is 4.71. The maximum Gasteiger partial charge on any atom is 0.214 e. The zero-order valence-corrected chi connectivity index (χ0v) is 13.3. The van der Waals surface area contributed by atoms with Crippen LogP contribution in [0, 0.1) is 6.92 Å². The lowest BCUT2D eigenvalue weighted by atomic mass is 10.2. The van der Waals surface area contributed by atoms with Crippen LogP contribution in [-0.4, -0.2) is 56.7 Å². The first-order valence-corrected chi connectivity index (χ1v) is 7.10. The van der Waals surface area contributed by atoms with Gasteiger partial charge >= 0.3 is 0 Å². The number of methoxy groups -OCH3 is 1. The summed E-state index contributed by atoms with van der Waals surface area (Å²) >= 11 is 4.94. The predicted molar refractivity (Wildman–Crippen MR) is 83.9 cm³/mol. The van der Waals surface area contributed by atoms with Crippen molar-refractivity contribution in [2.75, 3.05) is 46.8 Å². The minimum atomic E-state index is 0.329. The molecule has 0 atom stereocenters. The number of nitrogens with zero attached hydrogens (tertiary/aromatic N) is 1. The Kier molecular flexibility index (Phi) is 8.84. The molecule has 0 aliphatic rings. The minimum absolute atomic E-state index is 0.329. The van der Waals surface area contributed by atoms with Gasteiger partial charge in [0.05, 0.1) is 33.0 Å². The predicted octanol–water partition coefficient (Wildman–Crippen LogP) is 1.08. The van der Waals surface area contributed by atoms with Crippen molar-refractivity contribution in [3.05, 3.63) is 23.4 Å². The Balaban J connectivity index is 2.17.